The number of ether oxygens (including phenoxy) is 1. The summed E-state index contributed by atoms with van der Waals surface area (Å²) in [4.78, 5) is 0. The maximum atomic E-state index is 13.5. The molecule has 18 heavy (non-hydrogen) atoms. The summed E-state index contributed by atoms with van der Waals surface area (Å²) in [5.41, 5.74) is 6.02. The third-order valence-electron chi connectivity index (χ3n) is 4.56. The van der Waals surface area contributed by atoms with Gasteiger partial charge in [0, 0.05) is 17.9 Å². The summed E-state index contributed by atoms with van der Waals surface area (Å²) >= 11 is 0. The number of nitrogens with two attached hydrogens (primary N) is 1. The molecule has 0 heterocycles. The van der Waals surface area contributed by atoms with Crippen LogP contribution in [0.15, 0.2) is 18.2 Å². The molecule has 0 aromatic heterocycles. The normalized spacial score (nSPS) is 29.3. The average Bonchev–Trinajstić information content (AvgIpc) is 2.84. The third kappa shape index (κ3) is 1.62. The molecular weight excluding hydrogens is 236 g/mol. The van der Waals surface area contributed by atoms with Crippen LogP contribution in [0.1, 0.15) is 32.1 Å². The van der Waals surface area contributed by atoms with E-state index in [4.69, 9.17) is 10.5 Å². The number of hydrogen-bond acceptors (Lipinski definition) is 2. The van der Waals surface area contributed by atoms with Crippen LogP contribution >= 0.6 is 0 Å². The van der Waals surface area contributed by atoms with Crippen molar-refractivity contribution in [1.82, 2.24) is 0 Å². The van der Waals surface area contributed by atoms with Crippen molar-refractivity contribution in [3.8, 4) is 5.75 Å². The van der Waals surface area contributed by atoms with Crippen molar-refractivity contribution >= 4 is 0 Å². The van der Waals surface area contributed by atoms with Crippen LogP contribution < -0.4 is 10.5 Å². The van der Waals surface area contributed by atoms with Crippen molar-refractivity contribution in [3.63, 3.8) is 0 Å². The summed E-state index contributed by atoms with van der Waals surface area (Å²) in [7, 11) is 0. The Labute approximate surface area is 105 Å². The fraction of sp³-hybridized carbons (Fsp3) is 0.571. The molecule has 1 aromatic rings. The SMILES string of the molecule is NC1CC(Oc2c(F)cccc2F)C12CCCC2. The van der Waals surface area contributed by atoms with Crippen LogP contribution in [0.5, 0.6) is 5.75 Å². The van der Waals surface area contributed by atoms with E-state index in [0.717, 1.165) is 25.7 Å². The van der Waals surface area contributed by atoms with Crippen molar-refractivity contribution in [1.29, 1.82) is 0 Å². The minimum Gasteiger partial charge on any atom is -0.484 e. The predicted molar refractivity (Wildman–Crippen MR) is 64.3 cm³/mol. The van der Waals surface area contributed by atoms with Crippen LogP contribution in [0.25, 0.3) is 0 Å². The van der Waals surface area contributed by atoms with Gasteiger partial charge in [-0.15, -0.1) is 0 Å². The maximum absolute atomic E-state index is 13.5. The zero-order valence-corrected chi connectivity index (χ0v) is 10.2. The van der Waals surface area contributed by atoms with Gasteiger partial charge in [-0.1, -0.05) is 18.9 Å². The van der Waals surface area contributed by atoms with Gasteiger partial charge >= 0.3 is 0 Å². The molecule has 2 aliphatic carbocycles. The Balaban J connectivity index is 1.81. The summed E-state index contributed by atoms with van der Waals surface area (Å²) in [6, 6.07) is 3.89. The summed E-state index contributed by atoms with van der Waals surface area (Å²) < 4.78 is 32.7. The van der Waals surface area contributed by atoms with Crippen LogP contribution in [0, 0.1) is 17.0 Å². The highest BCUT2D eigenvalue weighted by Crippen LogP contribution is 2.54. The Bertz CT molecular complexity index is 437. The standard InChI is InChI=1S/C14H17F2NO/c15-9-4-3-5-10(16)13(9)18-12-8-11(17)14(12)6-1-2-7-14/h3-5,11-12H,1-2,6-8,17H2. The van der Waals surface area contributed by atoms with Crippen LogP contribution in [-0.4, -0.2) is 12.1 Å². The monoisotopic (exact) mass is 253 g/mol. The van der Waals surface area contributed by atoms with Crippen molar-refractivity contribution < 1.29 is 13.5 Å². The minimum atomic E-state index is -0.636. The summed E-state index contributed by atoms with van der Waals surface area (Å²) in [6.07, 6.45) is 4.83. The number of rotatable bonds is 2. The zero-order chi connectivity index (χ0) is 12.8. The van der Waals surface area contributed by atoms with E-state index in [1.807, 2.05) is 0 Å². The molecule has 0 aliphatic heterocycles. The Morgan fingerprint density at radius 3 is 2.33 bits per heavy atom. The van der Waals surface area contributed by atoms with Gasteiger partial charge in [-0.05, 0) is 25.0 Å². The van der Waals surface area contributed by atoms with Gasteiger partial charge in [0.05, 0.1) is 0 Å². The highest BCUT2D eigenvalue weighted by atomic mass is 19.1. The van der Waals surface area contributed by atoms with Crippen LogP contribution in [0.3, 0.4) is 0 Å². The number of para-hydroxylation sites is 1. The second-order valence-corrected chi connectivity index (χ2v) is 5.44. The van der Waals surface area contributed by atoms with Gasteiger partial charge in [-0.2, -0.15) is 0 Å². The Morgan fingerprint density at radius 1 is 1.17 bits per heavy atom. The van der Waals surface area contributed by atoms with Gasteiger partial charge < -0.3 is 10.5 Å². The second-order valence-electron chi connectivity index (χ2n) is 5.44. The lowest BCUT2D eigenvalue weighted by Gasteiger charge is -2.52. The zero-order valence-electron chi connectivity index (χ0n) is 10.2. The molecule has 1 aromatic carbocycles. The fourth-order valence-corrected chi connectivity index (χ4v) is 3.41. The fourth-order valence-electron chi connectivity index (χ4n) is 3.41. The lowest BCUT2D eigenvalue weighted by Crippen LogP contribution is -2.62. The summed E-state index contributed by atoms with van der Waals surface area (Å²) in [6.45, 7) is 0. The number of halogens is 2. The largest absolute Gasteiger partial charge is 0.484 e. The molecule has 0 bridgehead atoms. The summed E-state index contributed by atoms with van der Waals surface area (Å²) in [5, 5.41) is 0. The first kappa shape index (κ1) is 11.9. The molecule has 3 rings (SSSR count). The van der Waals surface area contributed by atoms with E-state index in [9.17, 15) is 8.78 Å². The van der Waals surface area contributed by atoms with Crippen molar-refractivity contribution in [2.75, 3.05) is 0 Å². The quantitative estimate of drug-likeness (QED) is 0.879. The van der Waals surface area contributed by atoms with E-state index in [2.05, 4.69) is 0 Å². The molecule has 1 spiro atoms. The average molecular weight is 253 g/mol. The Hall–Kier alpha value is -1.16. The van der Waals surface area contributed by atoms with Gasteiger partial charge in [-0.3, -0.25) is 0 Å². The smallest absolute Gasteiger partial charge is 0.191 e. The number of hydrogen-bond donors (Lipinski definition) is 1. The molecule has 2 atom stereocenters. The topological polar surface area (TPSA) is 35.2 Å². The van der Waals surface area contributed by atoms with Gasteiger partial charge in [0.25, 0.3) is 0 Å². The van der Waals surface area contributed by atoms with Crippen LogP contribution in [0.2, 0.25) is 0 Å². The molecule has 2 nitrogen and oxygen atoms in total. The Kier molecular flexibility index (Phi) is 2.77. The molecule has 98 valence electrons. The molecule has 2 unspecified atom stereocenters. The van der Waals surface area contributed by atoms with E-state index in [-0.39, 0.29) is 23.3 Å². The van der Waals surface area contributed by atoms with E-state index >= 15 is 0 Å². The van der Waals surface area contributed by atoms with Gasteiger partial charge in [0.1, 0.15) is 6.10 Å². The molecule has 4 heteroatoms. The summed E-state index contributed by atoms with van der Waals surface area (Å²) in [5.74, 6) is -1.52. The molecule has 0 radical (unpaired) electrons. The molecular formula is C14H17F2NO. The maximum Gasteiger partial charge on any atom is 0.191 e. The first-order valence-electron chi connectivity index (χ1n) is 6.50. The van der Waals surface area contributed by atoms with Crippen LogP contribution in [0.4, 0.5) is 8.78 Å². The van der Waals surface area contributed by atoms with E-state index in [1.54, 1.807) is 0 Å². The number of benzene rings is 1. The van der Waals surface area contributed by atoms with Crippen molar-refractivity contribution in [2.24, 2.45) is 11.1 Å². The van der Waals surface area contributed by atoms with Crippen molar-refractivity contribution in [3.05, 3.63) is 29.8 Å². The predicted octanol–water partition coefficient (Wildman–Crippen LogP) is 3.00. The molecule has 2 saturated carbocycles. The highest BCUT2D eigenvalue weighted by Gasteiger charge is 2.56. The first-order valence-corrected chi connectivity index (χ1v) is 6.50. The van der Waals surface area contributed by atoms with E-state index in [1.165, 1.54) is 18.2 Å². The minimum absolute atomic E-state index is 0.0469. The molecule has 0 saturated heterocycles. The van der Waals surface area contributed by atoms with Gasteiger partial charge in [0.2, 0.25) is 0 Å². The second kappa shape index (κ2) is 4.19. The van der Waals surface area contributed by atoms with E-state index < -0.39 is 11.6 Å². The van der Waals surface area contributed by atoms with Gasteiger partial charge in [0.15, 0.2) is 17.4 Å². The highest BCUT2D eigenvalue weighted by molar-refractivity contribution is 5.27. The molecule has 2 fully saturated rings. The molecule has 0 amide bonds. The van der Waals surface area contributed by atoms with Crippen molar-refractivity contribution in [2.45, 2.75) is 44.2 Å². The molecule has 2 aliphatic rings. The first-order chi connectivity index (χ1) is 8.63. The molecule has 2 N–H and O–H groups in total. The Morgan fingerprint density at radius 2 is 1.78 bits per heavy atom. The van der Waals surface area contributed by atoms with E-state index in [0.29, 0.717) is 6.42 Å². The lowest BCUT2D eigenvalue weighted by molar-refractivity contribution is -0.0653. The van der Waals surface area contributed by atoms with Crippen LogP contribution in [-0.2, 0) is 0 Å². The van der Waals surface area contributed by atoms with Gasteiger partial charge in [-0.25, -0.2) is 8.78 Å². The third-order valence-corrected chi connectivity index (χ3v) is 4.56. The lowest BCUT2D eigenvalue weighted by atomic mass is 9.61.